The molecule has 0 aliphatic heterocycles. The van der Waals surface area contributed by atoms with Crippen LogP contribution in [0, 0.1) is 0 Å². The first kappa shape index (κ1) is 18.2. The molecule has 1 rings (SSSR count). The Labute approximate surface area is 126 Å². The summed E-state index contributed by atoms with van der Waals surface area (Å²) in [4.78, 5) is 11.4. The lowest BCUT2D eigenvalue weighted by Crippen LogP contribution is -2.39. The zero-order valence-electron chi connectivity index (χ0n) is 11.7. The Balaban J connectivity index is 2.32. The average Bonchev–Trinajstić information content (AvgIpc) is 2.40. The normalized spacial score (nSPS) is 12.0. The second-order valence-corrected chi connectivity index (χ2v) is 6.30. The Bertz CT molecular complexity index is 600. The SMILES string of the molecule is CS(=O)(=O)NCCNC(=O)NCc1ccc(C(F)(F)F)cc1. The van der Waals surface area contributed by atoms with Gasteiger partial charge < -0.3 is 10.6 Å². The lowest BCUT2D eigenvalue weighted by Gasteiger charge is -2.09. The van der Waals surface area contributed by atoms with Crippen LogP contribution in [-0.2, 0) is 22.7 Å². The van der Waals surface area contributed by atoms with Crippen LogP contribution in [0.25, 0.3) is 0 Å². The first-order chi connectivity index (χ1) is 10.1. The maximum Gasteiger partial charge on any atom is 0.416 e. The van der Waals surface area contributed by atoms with E-state index >= 15 is 0 Å². The third-order valence-electron chi connectivity index (χ3n) is 2.51. The number of nitrogens with one attached hydrogen (secondary N) is 3. The van der Waals surface area contributed by atoms with Crippen molar-refractivity contribution in [1.82, 2.24) is 15.4 Å². The molecule has 22 heavy (non-hydrogen) atoms. The largest absolute Gasteiger partial charge is 0.416 e. The van der Waals surface area contributed by atoms with Gasteiger partial charge in [-0.1, -0.05) is 12.1 Å². The number of amides is 2. The molecule has 0 heterocycles. The van der Waals surface area contributed by atoms with Gasteiger partial charge in [-0.05, 0) is 17.7 Å². The summed E-state index contributed by atoms with van der Waals surface area (Å²) in [7, 11) is -3.31. The fourth-order valence-corrected chi connectivity index (χ4v) is 1.94. The summed E-state index contributed by atoms with van der Waals surface area (Å²) < 4.78 is 60.8. The van der Waals surface area contributed by atoms with Crippen LogP contribution in [0.1, 0.15) is 11.1 Å². The van der Waals surface area contributed by atoms with E-state index in [0.29, 0.717) is 5.56 Å². The number of carbonyl (C=O) groups is 1. The number of rotatable bonds is 6. The maximum absolute atomic E-state index is 12.4. The van der Waals surface area contributed by atoms with Crippen molar-refractivity contribution in [2.45, 2.75) is 12.7 Å². The van der Waals surface area contributed by atoms with Crippen LogP contribution in [0.2, 0.25) is 0 Å². The first-order valence-electron chi connectivity index (χ1n) is 6.20. The van der Waals surface area contributed by atoms with Crippen molar-refractivity contribution in [1.29, 1.82) is 0 Å². The van der Waals surface area contributed by atoms with Crippen molar-refractivity contribution in [2.75, 3.05) is 19.3 Å². The van der Waals surface area contributed by atoms with Crippen molar-refractivity contribution in [3.63, 3.8) is 0 Å². The Morgan fingerprint density at radius 2 is 1.68 bits per heavy atom. The lowest BCUT2D eigenvalue weighted by molar-refractivity contribution is -0.137. The second-order valence-electron chi connectivity index (χ2n) is 4.47. The number of sulfonamides is 1. The summed E-state index contributed by atoms with van der Waals surface area (Å²) in [6.45, 7) is 0.196. The van der Waals surface area contributed by atoms with Gasteiger partial charge in [-0.2, -0.15) is 13.2 Å². The Hall–Kier alpha value is -1.81. The minimum Gasteiger partial charge on any atom is -0.337 e. The zero-order valence-corrected chi connectivity index (χ0v) is 12.5. The predicted molar refractivity (Wildman–Crippen MR) is 74.5 cm³/mol. The molecule has 0 aliphatic rings. The van der Waals surface area contributed by atoms with Gasteiger partial charge in [0.05, 0.1) is 11.8 Å². The van der Waals surface area contributed by atoms with E-state index < -0.39 is 27.8 Å². The molecule has 3 N–H and O–H groups in total. The molecule has 1 aromatic rings. The molecule has 0 aliphatic carbocycles. The molecule has 0 spiro atoms. The van der Waals surface area contributed by atoms with Gasteiger partial charge >= 0.3 is 12.2 Å². The number of alkyl halides is 3. The minimum absolute atomic E-state index is 0.0481. The number of halogens is 3. The lowest BCUT2D eigenvalue weighted by atomic mass is 10.1. The highest BCUT2D eigenvalue weighted by molar-refractivity contribution is 7.88. The first-order valence-corrected chi connectivity index (χ1v) is 8.09. The quantitative estimate of drug-likeness (QED) is 0.677. The van der Waals surface area contributed by atoms with Gasteiger partial charge in [0.2, 0.25) is 10.0 Å². The molecule has 10 heteroatoms. The summed E-state index contributed by atoms with van der Waals surface area (Å²) in [5.74, 6) is 0. The topological polar surface area (TPSA) is 87.3 Å². The Kier molecular flexibility index (Phi) is 6.18. The minimum atomic E-state index is -4.39. The third-order valence-corrected chi connectivity index (χ3v) is 3.24. The monoisotopic (exact) mass is 339 g/mol. The number of hydrogen-bond donors (Lipinski definition) is 3. The number of urea groups is 1. The average molecular weight is 339 g/mol. The zero-order chi connectivity index (χ0) is 16.8. The van der Waals surface area contributed by atoms with E-state index in [1.165, 1.54) is 12.1 Å². The fraction of sp³-hybridized carbons (Fsp3) is 0.417. The molecule has 1 aromatic carbocycles. The number of carbonyl (C=O) groups excluding carboxylic acids is 1. The molecule has 0 saturated heterocycles. The summed E-state index contributed by atoms with van der Waals surface area (Å²) in [6.07, 6.45) is -3.40. The van der Waals surface area contributed by atoms with Crippen molar-refractivity contribution in [2.24, 2.45) is 0 Å². The van der Waals surface area contributed by atoms with Crippen molar-refractivity contribution < 1.29 is 26.4 Å². The molecular weight excluding hydrogens is 323 g/mol. The molecule has 2 amide bonds. The Morgan fingerprint density at radius 1 is 1.09 bits per heavy atom. The maximum atomic E-state index is 12.4. The summed E-state index contributed by atoms with van der Waals surface area (Å²) in [6, 6.07) is 3.87. The van der Waals surface area contributed by atoms with E-state index in [4.69, 9.17) is 0 Å². The third kappa shape index (κ3) is 7.27. The molecular formula is C12H16F3N3O3S. The van der Waals surface area contributed by atoms with Crippen LogP contribution in [0.3, 0.4) is 0 Å². The smallest absolute Gasteiger partial charge is 0.337 e. The molecule has 6 nitrogen and oxygen atoms in total. The fourth-order valence-electron chi connectivity index (χ4n) is 1.47. The molecule has 0 atom stereocenters. The highest BCUT2D eigenvalue weighted by Crippen LogP contribution is 2.28. The molecule has 0 unspecified atom stereocenters. The van der Waals surface area contributed by atoms with Crippen LogP contribution < -0.4 is 15.4 Å². The van der Waals surface area contributed by atoms with Gasteiger partial charge in [0.15, 0.2) is 0 Å². The summed E-state index contributed by atoms with van der Waals surface area (Å²) in [5, 5.41) is 4.85. The van der Waals surface area contributed by atoms with Crippen LogP contribution >= 0.6 is 0 Å². The van der Waals surface area contributed by atoms with Gasteiger partial charge in [0, 0.05) is 19.6 Å². The molecule has 0 saturated carbocycles. The van der Waals surface area contributed by atoms with E-state index in [-0.39, 0.29) is 19.6 Å². The van der Waals surface area contributed by atoms with Crippen molar-refractivity contribution >= 4 is 16.1 Å². The number of benzene rings is 1. The summed E-state index contributed by atoms with van der Waals surface area (Å²) in [5.41, 5.74) is -0.245. The van der Waals surface area contributed by atoms with E-state index in [1.54, 1.807) is 0 Å². The van der Waals surface area contributed by atoms with Gasteiger partial charge in [-0.3, -0.25) is 0 Å². The van der Waals surface area contributed by atoms with Crippen LogP contribution in [0.15, 0.2) is 24.3 Å². The molecule has 124 valence electrons. The standard InChI is InChI=1S/C12H16F3N3O3S/c1-22(20,21)18-7-6-16-11(19)17-8-9-2-4-10(5-3-9)12(13,14)15/h2-5,18H,6-8H2,1H3,(H2,16,17,19). The highest BCUT2D eigenvalue weighted by Gasteiger charge is 2.29. The van der Waals surface area contributed by atoms with Gasteiger partial charge in [-0.15, -0.1) is 0 Å². The van der Waals surface area contributed by atoms with Gasteiger partial charge in [0.1, 0.15) is 0 Å². The van der Waals surface area contributed by atoms with Crippen molar-refractivity contribution in [3.05, 3.63) is 35.4 Å². The predicted octanol–water partition coefficient (Wildman–Crippen LogP) is 1.05. The van der Waals surface area contributed by atoms with Crippen LogP contribution in [0.4, 0.5) is 18.0 Å². The van der Waals surface area contributed by atoms with Gasteiger partial charge in [0.25, 0.3) is 0 Å². The highest BCUT2D eigenvalue weighted by atomic mass is 32.2. The molecule has 0 fully saturated rings. The van der Waals surface area contributed by atoms with E-state index in [2.05, 4.69) is 15.4 Å². The molecule has 0 radical (unpaired) electrons. The molecule has 0 aromatic heterocycles. The Morgan fingerprint density at radius 3 is 2.18 bits per heavy atom. The van der Waals surface area contributed by atoms with Crippen molar-refractivity contribution in [3.8, 4) is 0 Å². The number of hydrogen-bond acceptors (Lipinski definition) is 3. The van der Waals surface area contributed by atoms with Gasteiger partial charge in [-0.25, -0.2) is 17.9 Å². The van der Waals surface area contributed by atoms with E-state index in [0.717, 1.165) is 18.4 Å². The molecule has 0 bridgehead atoms. The second kappa shape index (κ2) is 7.45. The van der Waals surface area contributed by atoms with E-state index in [1.807, 2.05) is 0 Å². The van der Waals surface area contributed by atoms with Crippen LogP contribution in [-0.4, -0.2) is 33.8 Å². The van der Waals surface area contributed by atoms with Crippen LogP contribution in [0.5, 0.6) is 0 Å². The summed E-state index contributed by atoms with van der Waals surface area (Å²) >= 11 is 0. The van der Waals surface area contributed by atoms with E-state index in [9.17, 15) is 26.4 Å².